The maximum atomic E-state index is 10.4. The Morgan fingerprint density at radius 3 is 3.05 bits per heavy atom. The molecule has 0 bridgehead atoms. The molecule has 3 aromatic rings. The zero-order chi connectivity index (χ0) is 13.4. The van der Waals surface area contributed by atoms with E-state index >= 15 is 0 Å². The summed E-state index contributed by atoms with van der Waals surface area (Å²) in [6, 6.07) is 5.72. The Morgan fingerprint density at radius 2 is 2.26 bits per heavy atom. The summed E-state index contributed by atoms with van der Waals surface area (Å²) in [5, 5.41) is 16.6. The van der Waals surface area contributed by atoms with Crippen LogP contribution >= 0.6 is 0 Å². The molecule has 96 valence electrons. The van der Waals surface area contributed by atoms with Crippen molar-refractivity contribution in [1.29, 1.82) is 0 Å². The zero-order valence-corrected chi connectivity index (χ0v) is 12.0. The molecule has 0 aliphatic carbocycles. The Kier molecular flexibility index (Phi) is 2.76. The number of nitrogens with one attached hydrogen (secondary N) is 2. The maximum absolute atomic E-state index is 10.4. The van der Waals surface area contributed by atoms with Crippen molar-refractivity contribution >= 4 is 38.4 Å². The number of hydrogen-bond acceptors (Lipinski definition) is 4. The predicted molar refractivity (Wildman–Crippen MR) is 70.5 cm³/mol. The molecule has 0 radical (unpaired) electrons. The van der Waals surface area contributed by atoms with Crippen molar-refractivity contribution in [1.82, 2.24) is 20.2 Å². The normalized spacial score (nSPS) is 10.8. The molecule has 0 saturated carbocycles. The Hall–Kier alpha value is -2.27. The molecule has 0 saturated heterocycles. The van der Waals surface area contributed by atoms with Gasteiger partial charge in [0, 0.05) is 0 Å². The standard InChI is InChI=1S/C11H9AsN4O3/c12-9-6-3-5(1-2-7(6)15-16-9)10-13-4-8(14-10)19-11(17)18/h1-4H,12H2,(H,13,14)(H,15,16)(H,17,18). The third-order valence-corrected chi connectivity index (χ3v) is 3.54. The average molecular weight is 320 g/mol. The van der Waals surface area contributed by atoms with Crippen molar-refractivity contribution in [3.8, 4) is 17.3 Å². The second-order valence-corrected chi connectivity index (χ2v) is 4.98. The molecule has 2 aromatic heterocycles. The number of benzene rings is 1. The minimum absolute atomic E-state index is 0.0933. The van der Waals surface area contributed by atoms with E-state index in [9.17, 15) is 4.79 Å². The van der Waals surface area contributed by atoms with E-state index in [0.29, 0.717) is 5.82 Å². The van der Waals surface area contributed by atoms with Crippen molar-refractivity contribution in [3.63, 3.8) is 0 Å². The molecule has 0 aliphatic heterocycles. The molecule has 1 atom stereocenters. The molecule has 2 heterocycles. The molecule has 1 aromatic carbocycles. The summed E-state index contributed by atoms with van der Waals surface area (Å²) in [6.45, 7) is 0. The number of imidazole rings is 1. The van der Waals surface area contributed by atoms with Crippen LogP contribution in [0.15, 0.2) is 24.4 Å². The number of aromatic nitrogens is 4. The second kappa shape index (κ2) is 4.44. The first-order chi connectivity index (χ1) is 9.13. The number of fused-ring (bicyclic) bond motifs is 1. The first-order valence-electron chi connectivity index (χ1n) is 5.33. The van der Waals surface area contributed by atoms with Crippen molar-refractivity contribution < 1.29 is 14.6 Å². The van der Waals surface area contributed by atoms with Crippen molar-refractivity contribution in [2.24, 2.45) is 0 Å². The number of H-pyrrole nitrogens is 2. The molecule has 0 amide bonds. The van der Waals surface area contributed by atoms with E-state index in [1.54, 1.807) is 0 Å². The fourth-order valence-electron chi connectivity index (χ4n) is 1.78. The summed E-state index contributed by atoms with van der Waals surface area (Å²) < 4.78 is 5.45. The van der Waals surface area contributed by atoms with Gasteiger partial charge in [-0.05, 0) is 0 Å². The van der Waals surface area contributed by atoms with Crippen LogP contribution in [0.2, 0.25) is 0 Å². The fourth-order valence-corrected chi connectivity index (χ4v) is 2.42. The molecule has 0 fully saturated rings. The van der Waals surface area contributed by atoms with E-state index in [2.05, 4.69) is 24.9 Å². The zero-order valence-electron chi connectivity index (χ0n) is 9.54. The number of aromatic amines is 2. The van der Waals surface area contributed by atoms with E-state index in [0.717, 1.165) is 20.9 Å². The van der Waals surface area contributed by atoms with Gasteiger partial charge in [-0.25, -0.2) is 0 Å². The molecule has 7 nitrogen and oxygen atoms in total. The predicted octanol–water partition coefficient (Wildman–Crippen LogP) is 0.268. The van der Waals surface area contributed by atoms with Gasteiger partial charge in [-0.3, -0.25) is 0 Å². The SMILES string of the molecule is O=C(O)Oc1cnc(-c2ccc3[nH]nc([AsH2])c3c2)[nH]1. The number of hydrogen-bond donors (Lipinski definition) is 3. The van der Waals surface area contributed by atoms with E-state index in [1.165, 1.54) is 23.0 Å². The van der Waals surface area contributed by atoms with Crippen LogP contribution in [-0.4, -0.2) is 48.3 Å². The van der Waals surface area contributed by atoms with Gasteiger partial charge in [0.05, 0.1) is 0 Å². The number of ether oxygens (including phenoxy) is 1. The van der Waals surface area contributed by atoms with Crippen LogP contribution in [-0.2, 0) is 0 Å². The van der Waals surface area contributed by atoms with Crippen LogP contribution < -0.4 is 9.22 Å². The number of carboxylic acid groups (broad SMARTS) is 1. The molecule has 19 heavy (non-hydrogen) atoms. The first kappa shape index (κ1) is 11.8. The number of carbonyl (C=O) groups is 1. The number of rotatable bonds is 2. The fraction of sp³-hybridized carbons (Fsp3) is 0. The van der Waals surface area contributed by atoms with E-state index < -0.39 is 6.16 Å². The van der Waals surface area contributed by atoms with Gasteiger partial charge in [-0.2, -0.15) is 0 Å². The van der Waals surface area contributed by atoms with Gasteiger partial charge in [0.15, 0.2) is 0 Å². The summed E-state index contributed by atoms with van der Waals surface area (Å²) >= 11 is 1.43. The third kappa shape index (κ3) is 2.20. The van der Waals surface area contributed by atoms with Gasteiger partial charge in [-0.1, -0.05) is 0 Å². The van der Waals surface area contributed by atoms with Crippen molar-refractivity contribution in [3.05, 3.63) is 24.4 Å². The van der Waals surface area contributed by atoms with Gasteiger partial charge in [0.1, 0.15) is 0 Å². The molecular weight excluding hydrogens is 311 g/mol. The van der Waals surface area contributed by atoms with Gasteiger partial charge < -0.3 is 0 Å². The van der Waals surface area contributed by atoms with Crippen LogP contribution in [0.3, 0.4) is 0 Å². The van der Waals surface area contributed by atoms with Crippen LogP contribution in [0, 0.1) is 0 Å². The van der Waals surface area contributed by atoms with E-state index in [-0.39, 0.29) is 5.88 Å². The minimum atomic E-state index is -1.38. The van der Waals surface area contributed by atoms with Gasteiger partial charge in [0.25, 0.3) is 0 Å². The van der Waals surface area contributed by atoms with Gasteiger partial charge in [0.2, 0.25) is 0 Å². The van der Waals surface area contributed by atoms with Crippen LogP contribution in [0.4, 0.5) is 4.79 Å². The number of nitrogens with zero attached hydrogens (tertiary/aromatic N) is 2. The van der Waals surface area contributed by atoms with Crippen LogP contribution in [0.5, 0.6) is 5.88 Å². The molecule has 8 heteroatoms. The second-order valence-electron chi connectivity index (χ2n) is 3.83. The molecule has 1 unspecified atom stereocenters. The topological polar surface area (TPSA) is 104 Å². The molecule has 3 N–H and O–H groups in total. The summed E-state index contributed by atoms with van der Waals surface area (Å²) in [5.41, 5.74) is 1.80. The van der Waals surface area contributed by atoms with Gasteiger partial charge >= 0.3 is 115 Å². The summed E-state index contributed by atoms with van der Waals surface area (Å²) in [4.78, 5) is 17.3. The van der Waals surface area contributed by atoms with E-state index in [1.807, 2.05) is 18.2 Å². The Balaban J connectivity index is 2.01. The van der Waals surface area contributed by atoms with Crippen molar-refractivity contribution in [2.45, 2.75) is 0 Å². The molecular formula is C11H9AsN4O3. The molecule has 3 rings (SSSR count). The van der Waals surface area contributed by atoms with Crippen LogP contribution in [0.1, 0.15) is 0 Å². The Labute approximate surface area is 115 Å². The summed E-state index contributed by atoms with van der Waals surface area (Å²) in [6.07, 6.45) is -0.0427. The monoisotopic (exact) mass is 320 g/mol. The first-order valence-corrected chi connectivity index (χ1v) is 6.54. The Morgan fingerprint density at radius 1 is 1.42 bits per heavy atom. The van der Waals surface area contributed by atoms with E-state index in [4.69, 9.17) is 5.11 Å². The summed E-state index contributed by atoms with van der Waals surface area (Å²) in [7, 11) is 0. The van der Waals surface area contributed by atoms with Crippen LogP contribution in [0.25, 0.3) is 22.3 Å². The molecule has 0 spiro atoms. The van der Waals surface area contributed by atoms with Gasteiger partial charge in [-0.15, -0.1) is 0 Å². The average Bonchev–Trinajstić information content (AvgIpc) is 2.96. The Bertz CT molecular complexity index is 764. The van der Waals surface area contributed by atoms with Crippen molar-refractivity contribution in [2.75, 3.05) is 0 Å². The quantitative estimate of drug-likeness (QED) is 0.464. The molecule has 0 aliphatic rings. The third-order valence-electron chi connectivity index (χ3n) is 2.62. The summed E-state index contributed by atoms with van der Waals surface area (Å²) in [5.74, 6) is 0.641.